The highest BCUT2D eigenvalue weighted by Gasteiger charge is 2.62. The second kappa shape index (κ2) is 15.2. The van der Waals surface area contributed by atoms with Gasteiger partial charge in [0.1, 0.15) is 18.4 Å². The number of nitrogens with one attached hydrogen (secondary N) is 1. The van der Waals surface area contributed by atoms with Crippen molar-refractivity contribution in [2.24, 2.45) is 0 Å². The molecule has 2 fully saturated rings. The number of carbonyl (C=O) groups is 3. The number of carbonyl (C=O) groups excluding carboxylic acids is 3. The summed E-state index contributed by atoms with van der Waals surface area (Å²) in [5, 5.41) is 24.0. The summed E-state index contributed by atoms with van der Waals surface area (Å²) in [5.74, 6) is -7.62. The number of nitriles is 1. The van der Waals surface area contributed by atoms with Crippen LogP contribution in [0, 0.1) is 25.2 Å². The Hall–Kier alpha value is -5.63. The third kappa shape index (κ3) is 6.40. The number of rotatable bonds is 4. The molecule has 3 aromatic rings. The monoisotopic (exact) mass is 920 g/mol. The number of nitrogens with zero attached hydrogens (tertiary/aromatic N) is 3. The number of benzene rings is 3. The number of esters is 3. The van der Waals surface area contributed by atoms with Crippen molar-refractivity contribution in [2.45, 2.75) is 80.0 Å². The van der Waals surface area contributed by atoms with Crippen LogP contribution in [-0.4, -0.2) is 110 Å². The van der Waals surface area contributed by atoms with Gasteiger partial charge in [0, 0.05) is 46.6 Å². The zero-order chi connectivity index (χ0) is 45.9. The van der Waals surface area contributed by atoms with Gasteiger partial charge in [0.05, 0.1) is 37.6 Å². The standard InChI is InChI=1S/C42H38F6N4O11S/c1-16-8-19-9-21-22(12-49)52-23-13-59-37(54)40(20-11-25(57-4)24(53)10-18(20)6-7-50-40)14-64-36(28-27(23)34-33(60-15-61-34)17(2)32(28)62-38(55)41(43,44)45)30(52)29(51(21)3)26(19)35(31(16)58-5)63-39(56)42(46,47)48/h8,10-11,21-23,29-30,36,50,53H,6-7,9,13-15H2,1-5H3/t21-,22+,23+,29+,30?,36-,40-/m1/s1. The average Bonchev–Trinajstić information content (AvgIpc) is 3.73. The predicted octanol–water partition coefficient (Wildman–Crippen LogP) is 5.29. The first-order valence-electron chi connectivity index (χ1n) is 19.8. The molecule has 1 unspecified atom stereocenters. The fourth-order valence-corrected chi connectivity index (χ4v) is 12.1. The molecule has 64 heavy (non-hydrogen) atoms. The molecule has 7 aliphatic rings. The van der Waals surface area contributed by atoms with E-state index in [1.54, 1.807) is 29.8 Å². The average molecular weight is 921 g/mol. The number of halogens is 6. The van der Waals surface area contributed by atoms with Crippen LogP contribution in [0.5, 0.6) is 40.2 Å². The zero-order valence-electron chi connectivity index (χ0n) is 34.5. The molecule has 340 valence electrons. The van der Waals surface area contributed by atoms with Crippen molar-refractivity contribution < 1.29 is 79.0 Å². The number of aromatic hydroxyl groups is 1. The molecule has 0 aliphatic carbocycles. The summed E-state index contributed by atoms with van der Waals surface area (Å²) < 4.78 is 124. The molecular formula is C42H38F6N4O11S. The largest absolute Gasteiger partial charge is 0.504 e. The minimum Gasteiger partial charge on any atom is -0.504 e. The zero-order valence-corrected chi connectivity index (χ0v) is 35.3. The van der Waals surface area contributed by atoms with Crippen molar-refractivity contribution in [3.63, 3.8) is 0 Å². The molecule has 0 aromatic heterocycles. The maximum Gasteiger partial charge on any atom is 0.491 e. The van der Waals surface area contributed by atoms with Crippen LogP contribution in [0.4, 0.5) is 26.3 Å². The number of ether oxygens (including phenoxy) is 7. The van der Waals surface area contributed by atoms with Crippen molar-refractivity contribution in [3.05, 3.63) is 62.7 Å². The molecule has 15 nitrogen and oxygen atoms in total. The molecular weight excluding hydrogens is 883 g/mol. The molecule has 0 radical (unpaired) electrons. The molecule has 2 N–H and O–H groups in total. The molecule has 2 saturated heterocycles. The number of likely N-dealkylation sites (N-methyl/N-ethyl adjacent to an activating group) is 1. The first-order valence-corrected chi connectivity index (χ1v) is 20.9. The minimum absolute atomic E-state index is 0.00778. The minimum atomic E-state index is -5.48. The Bertz CT molecular complexity index is 2570. The molecule has 7 heterocycles. The summed E-state index contributed by atoms with van der Waals surface area (Å²) in [6.07, 6.45) is -10.5. The number of fused-ring (bicyclic) bond motifs is 9. The second-order valence-electron chi connectivity index (χ2n) is 16.3. The number of hydrogen-bond donors (Lipinski definition) is 2. The lowest BCUT2D eigenvalue weighted by atomic mass is 9.71. The Labute approximate surface area is 364 Å². The van der Waals surface area contributed by atoms with E-state index in [1.807, 2.05) is 0 Å². The molecule has 7 atom stereocenters. The molecule has 1 spiro atoms. The van der Waals surface area contributed by atoms with E-state index < -0.39 is 96.2 Å². The SMILES string of the molecule is COc1cc2c(cc1O)CCN[C@]21CS[C@@H]2c3c(OC(=O)C(F)(F)F)c(C)c4c(c3[C@H](COC1=O)N1C2[C@@H]2c3c(cc(C)c(OC)c3OC(=O)C(F)(F)F)C[C@H]([C@@H]1C#N)N2C)OCO4. The third-order valence-electron chi connectivity index (χ3n) is 13.0. The second-order valence-corrected chi connectivity index (χ2v) is 17.4. The smallest absolute Gasteiger partial charge is 0.491 e. The summed E-state index contributed by atoms with van der Waals surface area (Å²) in [5.41, 5.74) is 0.0652. The maximum atomic E-state index is 14.8. The molecule has 4 bridgehead atoms. The molecule has 0 amide bonds. The molecule has 3 aromatic carbocycles. The number of methoxy groups -OCH3 is 2. The topological polar surface area (TPSA) is 178 Å². The fraction of sp³-hybridized carbons (Fsp3) is 0.476. The lowest BCUT2D eigenvalue weighted by molar-refractivity contribution is -0.190. The van der Waals surface area contributed by atoms with E-state index >= 15 is 0 Å². The van der Waals surface area contributed by atoms with Gasteiger partial charge in [-0.25, -0.2) is 14.4 Å². The van der Waals surface area contributed by atoms with E-state index in [2.05, 4.69) is 11.4 Å². The quantitative estimate of drug-likeness (QED) is 0.196. The van der Waals surface area contributed by atoms with Gasteiger partial charge in [-0.2, -0.15) is 31.6 Å². The van der Waals surface area contributed by atoms with Crippen LogP contribution < -0.4 is 33.7 Å². The van der Waals surface area contributed by atoms with Gasteiger partial charge in [-0.1, -0.05) is 6.07 Å². The molecule has 7 aliphatic heterocycles. The van der Waals surface area contributed by atoms with Gasteiger partial charge in [-0.05, 0) is 68.1 Å². The van der Waals surface area contributed by atoms with Crippen molar-refractivity contribution in [1.82, 2.24) is 15.1 Å². The third-order valence-corrected chi connectivity index (χ3v) is 14.5. The number of phenols is 1. The number of thioether (sulfide) groups is 1. The summed E-state index contributed by atoms with van der Waals surface area (Å²) in [7, 11) is 4.15. The van der Waals surface area contributed by atoms with E-state index in [0.717, 1.165) is 11.8 Å². The number of alkyl halides is 6. The number of piperazine rings is 1. The van der Waals surface area contributed by atoms with Crippen molar-refractivity contribution >= 4 is 29.7 Å². The molecule has 0 saturated carbocycles. The molecule has 22 heteroatoms. The molecule has 10 rings (SSSR count). The van der Waals surface area contributed by atoms with E-state index in [1.165, 1.54) is 33.3 Å². The van der Waals surface area contributed by atoms with Crippen molar-refractivity contribution in [2.75, 3.05) is 47.0 Å². The van der Waals surface area contributed by atoms with Crippen LogP contribution in [0.2, 0.25) is 0 Å². The Morgan fingerprint density at radius 1 is 0.938 bits per heavy atom. The summed E-state index contributed by atoms with van der Waals surface area (Å²) in [6, 6.07) is 1.60. The Kier molecular flexibility index (Phi) is 10.4. The number of hydrogen-bond acceptors (Lipinski definition) is 16. The van der Waals surface area contributed by atoms with Gasteiger partial charge < -0.3 is 38.3 Å². The van der Waals surface area contributed by atoms with Crippen LogP contribution in [0.3, 0.4) is 0 Å². The van der Waals surface area contributed by atoms with Crippen LogP contribution in [0.1, 0.15) is 61.8 Å². The van der Waals surface area contributed by atoms with Gasteiger partial charge in [-0.3, -0.25) is 15.1 Å². The van der Waals surface area contributed by atoms with Gasteiger partial charge in [0.2, 0.25) is 6.79 Å². The highest BCUT2D eigenvalue weighted by atomic mass is 32.2. The van der Waals surface area contributed by atoms with E-state index in [4.69, 9.17) is 33.2 Å². The van der Waals surface area contributed by atoms with E-state index in [-0.39, 0.29) is 69.7 Å². The maximum absolute atomic E-state index is 14.8. The van der Waals surface area contributed by atoms with Crippen molar-refractivity contribution in [1.29, 1.82) is 5.26 Å². The summed E-state index contributed by atoms with van der Waals surface area (Å²) in [6.45, 7) is 2.14. The van der Waals surface area contributed by atoms with E-state index in [0.29, 0.717) is 28.7 Å². The Balaban J connectivity index is 1.35. The highest BCUT2D eigenvalue weighted by Crippen LogP contribution is 2.65. The van der Waals surface area contributed by atoms with E-state index in [9.17, 15) is 51.1 Å². The lowest BCUT2D eigenvalue weighted by Gasteiger charge is -2.62. The first kappa shape index (κ1) is 43.6. The van der Waals surface area contributed by atoms with Crippen LogP contribution in [-0.2, 0) is 37.5 Å². The normalized spacial score (nSPS) is 27.0. The van der Waals surface area contributed by atoms with Gasteiger partial charge >= 0.3 is 30.3 Å². The fourth-order valence-electron chi connectivity index (χ4n) is 10.4. The van der Waals surface area contributed by atoms with Crippen LogP contribution >= 0.6 is 11.8 Å². The van der Waals surface area contributed by atoms with Crippen molar-refractivity contribution in [3.8, 4) is 46.3 Å². The van der Waals surface area contributed by atoms with Gasteiger partial charge in [0.15, 0.2) is 40.0 Å². The Morgan fingerprint density at radius 3 is 2.28 bits per heavy atom. The van der Waals surface area contributed by atoms with Gasteiger partial charge in [0.25, 0.3) is 0 Å². The van der Waals surface area contributed by atoms with Crippen LogP contribution in [0.15, 0.2) is 18.2 Å². The Morgan fingerprint density at radius 2 is 1.62 bits per heavy atom. The number of phenolic OH excluding ortho intramolecular Hbond substituents is 1. The summed E-state index contributed by atoms with van der Waals surface area (Å²) >= 11 is 1.02. The predicted molar refractivity (Wildman–Crippen MR) is 208 cm³/mol. The van der Waals surface area contributed by atoms with Crippen LogP contribution in [0.25, 0.3) is 0 Å². The summed E-state index contributed by atoms with van der Waals surface area (Å²) in [4.78, 5) is 43.9. The first-order chi connectivity index (χ1) is 30.3. The highest BCUT2D eigenvalue weighted by molar-refractivity contribution is 7.99. The van der Waals surface area contributed by atoms with Gasteiger partial charge in [-0.15, -0.1) is 11.8 Å². The lowest BCUT2D eigenvalue weighted by Crippen LogP contribution is -2.69. The number of aryl methyl sites for hydroxylation is 1.